The van der Waals surface area contributed by atoms with Crippen LogP contribution in [0.25, 0.3) is 0 Å². The Hall–Kier alpha value is -2.79. The molecule has 0 bridgehead atoms. The van der Waals surface area contributed by atoms with Crippen LogP contribution in [-0.4, -0.2) is 13.1 Å². The van der Waals surface area contributed by atoms with Crippen molar-refractivity contribution in [3.8, 4) is 12.1 Å². The fraction of sp³-hybridized carbons (Fsp3) is 0.154. The molecule has 1 aliphatic carbocycles. The summed E-state index contributed by atoms with van der Waals surface area (Å²) in [5.74, 6) is 0.209. The van der Waals surface area contributed by atoms with Crippen LogP contribution < -0.4 is 0 Å². The Morgan fingerprint density at radius 3 is 2.39 bits per heavy atom. The maximum absolute atomic E-state index is 10.8. The van der Waals surface area contributed by atoms with Gasteiger partial charge in [-0.25, -0.2) is 0 Å². The van der Waals surface area contributed by atoms with Gasteiger partial charge in [0.15, 0.2) is 0 Å². The van der Waals surface area contributed by atoms with Crippen molar-refractivity contribution >= 4 is 5.97 Å². The molecule has 0 amide bonds. The Morgan fingerprint density at radius 1 is 1.22 bits per heavy atom. The molecular weight excluding hydrogens is 232 g/mol. The number of methoxy groups -OCH3 is 1. The van der Waals surface area contributed by atoms with E-state index in [-0.39, 0.29) is 5.57 Å². The summed E-state index contributed by atoms with van der Waals surface area (Å²) in [6.45, 7) is 1.28. The Kier molecular flexibility index (Phi) is 4.48. The molecule has 0 heterocycles. The van der Waals surface area contributed by atoms with Gasteiger partial charge >= 0.3 is 5.97 Å². The van der Waals surface area contributed by atoms with E-state index in [0.717, 1.165) is 0 Å². The van der Waals surface area contributed by atoms with Gasteiger partial charge in [-0.05, 0) is 24.3 Å². The quantitative estimate of drug-likeness (QED) is 0.545. The summed E-state index contributed by atoms with van der Waals surface area (Å²) in [4.78, 5) is 10.8. The molecule has 0 saturated heterocycles. The number of nitriles is 2. The molecule has 90 valence electrons. The summed E-state index contributed by atoms with van der Waals surface area (Å²) in [7, 11) is 1.43. The van der Waals surface area contributed by atoms with E-state index in [2.05, 4.69) is 0 Å². The number of nitrogens with zero attached hydrogens (tertiary/aromatic N) is 2. The summed E-state index contributed by atoms with van der Waals surface area (Å²) in [5, 5.41) is 17.7. The van der Waals surface area contributed by atoms with Crippen molar-refractivity contribution in [2.24, 2.45) is 0 Å². The molecule has 0 N–H and O–H groups in total. The number of ether oxygens (including phenoxy) is 2. The van der Waals surface area contributed by atoms with Gasteiger partial charge in [-0.3, -0.25) is 4.79 Å². The molecule has 0 aromatic rings. The SMILES string of the molecule is COC1=CC=C(OC(C)=O)C=CC1=C(C#N)C#N. The normalized spacial score (nSPS) is 13.4. The van der Waals surface area contributed by atoms with Crippen LogP contribution in [0.4, 0.5) is 0 Å². The van der Waals surface area contributed by atoms with Gasteiger partial charge in [-0.15, -0.1) is 0 Å². The second-order valence-corrected chi connectivity index (χ2v) is 3.24. The van der Waals surface area contributed by atoms with Gasteiger partial charge < -0.3 is 9.47 Å². The monoisotopic (exact) mass is 242 g/mol. The number of hydrogen-bond donors (Lipinski definition) is 0. The zero-order valence-corrected chi connectivity index (χ0v) is 9.93. The summed E-state index contributed by atoms with van der Waals surface area (Å²) in [6.07, 6.45) is 6.05. The van der Waals surface area contributed by atoms with Crippen molar-refractivity contribution in [1.29, 1.82) is 10.5 Å². The highest BCUT2D eigenvalue weighted by Crippen LogP contribution is 2.21. The summed E-state index contributed by atoms with van der Waals surface area (Å²) in [6, 6.07) is 3.57. The van der Waals surface area contributed by atoms with E-state index in [4.69, 9.17) is 20.0 Å². The van der Waals surface area contributed by atoms with Crippen molar-refractivity contribution < 1.29 is 14.3 Å². The number of allylic oxidation sites excluding steroid dienone is 5. The van der Waals surface area contributed by atoms with E-state index < -0.39 is 5.97 Å². The van der Waals surface area contributed by atoms with Crippen molar-refractivity contribution in [2.75, 3.05) is 7.11 Å². The zero-order valence-electron chi connectivity index (χ0n) is 9.93. The molecule has 0 radical (unpaired) electrons. The fourth-order valence-corrected chi connectivity index (χ4v) is 1.31. The standard InChI is InChI=1S/C13H10N2O3/c1-9(16)18-11-3-5-12(10(7-14)8-15)13(17-2)6-4-11/h3-6H,1-2H3. The summed E-state index contributed by atoms with van der Waals surface area (Å²) < 4.78 is 9.99. The smallest absolute Gasteiger partial charge is 0.308 e. The minimum absolute atomic E-state index is 0.0724. The first-order valence-electron chi connectivity index (χ1n) is 4.99. The molecule has 1 rings (SSSR count). The molecule has 0 unspecified atom stereocenters. The molecule has 18 heavy (non-hydrogen) atoms. The van der Waals surface area contributed by atoms with Crippen LogP contribution in [0, 0.1) is 22.7 Å². The first-order chi connectivity index (χ1) is 8.62. The average molecular weight is 242 g/mol. The Bertz CT molecular complexity index is 550. The van der Waals surface area contributed by atoms with Crippen LogP contribution in [0.15, 0.2) is 47.0 Å². The van der Waals surface area contributed by atoms with Crippen LogP contribution >= 0.6 is 0 Å². The lowest BCUT2D eigenvalue weighted by Crippen LogP contribution is -1.96. The number of carbonyl (C=O) groups excluding carboxylic acids is 1. The lowest BCUT2D eigenvalue weighted by molar-refractivity contribution is -0.136. The second-order valence-electron chi connectivity index (χ2n) is 3.24. The third-order valence-corrected chi connectivity index (χ3v) is 2.05. The zero-order chi connectivity index (χ0) is 13.5. The van der Waals surface area contributed by atoms with E-state index in [9.17, 15) is 4.79 Å². The van der Waals surface area contributed by atoms with Gasteiger partial charge in [0.2, 0.25) is 0 Å². The van der Waals surface area contributed by atoms with Gasteiger partial charge in [-0.1, -0.05) is 0 Å². The maximum atomic E-state index is 10.8. The molecule has 0 aromatic heterocycles. The van der Waals surface area contributed by atoms with Crippen LogP contribution in [0.1, 0.15) is 6.92 Å². The first-order valence-corrected chi connectivity index (χ1v) is 4.99. The van der Waals surface area contributed by atoms with E-state index in [0.29, 0.717) is 17.1 Å². The van der Waals surface area contributed by atoms with Crippen LogP contribution in [0.5, 0.6) is 0 Å². The minimum atomic E-state index is -0.452. The molecule has 5 nitrogen and oxygen atoms in total. The highest BCUT2D eigenvalue weighted by Gasteiger charge is 2.12. The van der Waals surface area contributed by atoms with Crippen molar-refractivity contribution in [1.82, 2.24) is 0 Å². The van der Waals surface area contributed by atoms with Crippen LogP contribution in [0.2, 0.25) is 0 Å². The Labute approximate surface area is 105 Å². The molecule has 0 saturated carbocycles. The van der Waals surface area contributed by atoms with Crippen LogP contribution in [-0.2, 0) is 14.3 Å². The molecule has 0 aliphatic heterocycles. The second kappa shape index (κ2) is 6.07. The first kappa shape index (κ1) is 13.3. The summed E-state index contributed by atoms with van der Waals surface area (Å²) >= 11 is 0. The fourth-order valence-electron chi connectivity index (χ4n) is 1.31. The van der Waals surface area contributed by atoms with Crippen molar-refractivity contribution in [3.63, 3.8) is 0 Å². The van der Waals surface area contributed by atoms with Gasteiger partial charge in [0, 0.05) is 12.5 Å². The predicted octanol–water partition coefficient (Wildman–Crippen LogP) is 1.88. The molecular formula is C13H10N2O3. The van der Waals surface area contributed by atoms with Crippen molar-refractivity contribution in [3.05, 3.63) is 47.0 Å². The minimum Gasteiger partial charge on any atom is -0.496 e. The predicted molar refractivity (Wildman–Crippen MR) is 62.3 cm³/mol. The van der Waals surface area contributed by atoms with Crippen LogP contribution in [0.3, 0.4) is 0 Å². The highest BCUT2D eigenvalue weighted by atomic mass is 16.5. The molecule has 5 heteroatoms. The highest BCUT2D eigenvalue weighted by molar-refractivity contribution is 5.68. The molecule has 0 spiro atoms. The molecule has 0 aromatic carbocycles. The van der Waals surface area contributed by atoms with E-state index in [1.807, 2.05) is 0 Å². The van der Waals surface area contributed by atoms with E-state index in [1.165, 1.54) is 38.3 Å². The van der Waals surface area contributed by atoms with Gasteiger partial charge in [0.25, 0.3) is 0 Å². The molecule has 0 atom stereocenters. The van der Waals surface area contributed by atoms with Gasteiger partial charge in [0.1, 0.15) is 29.2 Å². The number of esters is 1. The van der Waals surface area contributed by atoms with E-state index >= 15 is 0 Å². The third-order valence-electron chi connectivity index (χ3n) is 2.05. The topological polar surface area (TPSA) is 83.1 Å². The van der Waals surface area contributed by atoms with E-state index in [1.54, 1.807) is 12.1 Å². The Morgan fingerprint density at radius 2 is 1.89 bits per heavy atom. The lowest BCUT2D eigenvalue weighted by atomic mass is 10.1. The van der Waals surface area contributed by atoms with Gasteiger partial charge in [0.05, 0.1) is 7.11 Å². The maximum Gasteiger partial charge on any atom is 0.308 e. The number of rotatable bonds is 2. The largest absolute Gasteiger partial charge is 0.496 e. The lowest BCUT2D eigenvalue weighted by Gasteiger charge is -2.04. The summed E-state index contributed by atoms with van der Waals surface area (Å²) in [5.41, 5.74) is 0.276. The van der Waals surface area contributed by atoms with Crippen molar-refractivity contribution in [2.45, 2.75) is 6.92 Å². The Balaban J connectivity index is 3.24. The molecule has 1 aliphatic rings. The molecule has 0 fully saturated rings. The van der Waals surface area contributed by atoms with Gasteiger partial charge in [-0.2, -0.15) is 10.5 Å². The number of hydrogen-bond acceptors (Lipinski definition) is 5. The average Bonchev–Trinajstić information content (AvgIpc) is 2.53. The third kappa shape index (κ3) is 3.10. The number of carbonyl (C=O) groups is 1.